The lowest BCUT2D eigenvalue weighted by Crippen LogP contribution is -2.68. The molecule has 4 rings (SSSR count). The van der Waals surface area contributed by atoms with Crippen molar-refractivity contribution in [2.45, 2.75) is 6.54 Å². The first-order valence-electron chi connectivity index (χ1n) is 9.30. The van der Waals surface area contributed by atoms with Crippen LogP contribution in [0.4, 0.5) is 0 Å². The van der Waals surface area contributed by atoms with E-state index in [-0.39, 0.29) is 0 Å². The van der Waals surface area contributed by atoms with Crippen LogP contribution in [0, 0.1) is 10.2 Å². The zero-order chi connectivity index (χ0) is 22.3. The zero-order valence-corrected chi connectivity index (χ0v) is 17.9. The Balaban J connectivity index is 0.000000491. The van der Waals surface area contributed by atoms with Crippen molar-refractivity contribution >= 4 is 11.6 Å². The monoisotopic (exact) mass is 455 g/mol. The minimum Gasteiger partial charge on any atom is -0.222 e. The first-order valence-corrected chi connectivity index (χ1v) is 10.9. The molecule has 0 spiro atoms. The molecule has 158 valence electrons. The predicted octanol–water partition coefficient (Wildman–Crippen LogP) is 1.25. The van der Waals surface area contributed by atoms with E-state index < -0.39 is 10.2 Å². The summed E-state index contributed by atoms with van der Waals surface area (Å²) in [4.78, 5) is 0. The molecule has 4 aromatic rings. The molecule has 0 amide bonds. The lowest BCUT2D eigenvalue weighted by Gasteiger charge is -2.17. The molecule has 0 fully saturated rings. The van der Waals surface area contributed by atoms with Gasteiger partial charge in [-0.1, -0.05) is 72.3 Å². The quantitative estimate of drug-likeness (QED) is 0.432. The van der Waals surface area contributed by atoms with Crippen LogP contribution in [-0.2, 0) is 6.54 Å². The molecule has 0 aliphatic heterocycles. The molecule has 1 heterocycles. The molecule has 7 heteroatoms. The van der Waals surface area contributed by atoms with Gasteiger partial charge in [0.25, 0.3) is 0 Å². The third-order valence-corrected chi connectivity index (χ3v) is 4.73. The van der Waals surface area contributed by atoms with Crippen molar-refractivity contribution < 1.29 is 33.4 Å². The second-order valence-electron chi connectivity index (χ2n) is 6.67. The number of aromatic nitrogens is 1. The van der Waals surface area contributed by atoms with Crippen LogP contribution in [0.15, 0.2) is 103 Å². The highest BCUT2D eigenvalue weighted by Gasteiger charge is 2.15. The highest BCUT2D eigenvalue weighted by Crippen LogP contribution is 2.24. The van der Waals surface area contributed by atoms with Crippen LogP contribution >= 0.6 is 11.6 Å². The van der Waals surface area contributed by atoms with Gasteiger partial charge in [-0.2, -0.15) is 4.57 Å². The number of hydrogen-bond donors (Lipinski definition) is 0. The zero-order valence-electron chi connectivity index (χ0n) is 16.4. The average molecular weight is 456 g/mol. The summed E-state index contributed by atoms with van der Waals surface area (Å²) < 4.78 is 36.3. The second kappa shape index (κ2) is 10.5. The van der Waals surface area contributed by atoms with E-state index in [1.54, 1.807) is 0 Å². The van der Waals surface area contributed by atoms with E-state index in [4.69, 9.17) is 30.2 Å². The Morgan fingerprint density at radius 2 is 1.16 bits per heavy atom. The Hall–Kier alpha value is -2.77. The molecule has 0 bridgehead atoms. The van der Waals surface area contributed by atoms with Crippen LogP contribution in [-0.4, -0.2) is 0 Å². The SMILES string of the molecule is Clc1ccc(C[n+]2ccc(-c3ccccc3)cc2-c2ccccc2)cc1.[O-][Cl+3]([O-])([O-])[O-]. The van der Waals surface area contributed by atoms with Crippen LogP contribution in [0.25, 0.3) is 22.4 Å². The fraction of sp³-hybridized carbons (Fsp3) is 0.0417. The molecular weight excluding hydrogens is 437 g/mol. The standard InChI is InChI=1S/C24H19ClN.ClHO4/c25-23-13-11-19(12-14-23)18-26-16-15-22(20-7-3-1-4-8-20)17-24(26)21-9-5-2-6-10-21;2-1(3,4)5/h1-17H,18H2;(H,2,3,4,5)/q+1;/p-1. The van der Waals surface area contributed by atoms with Gasteiger partial charge in [-0.05, 0) is 35.4 Å². The van der Waals surface area contributed by atoms with Crippen molar-refractivity contribution in [3.05, 3.63) is 114 Å². The Labute approximate surface area is 187 Å². The van der Waals surface area contributed by atoms with E-state index in [0.717, 1.165) is 11.6 Å². The molecule has 31 heavy (non-hydrogen) atoms. The maximum absolute atomic E-state index is 8.49. The molecule has 0 radical (unpaired) electrons. The fourth-order valence-corrected chi connectivity index (χ4v) is 3.25. The van der Waals surface area contributed by atoms with E-state index in [1.165, 1.54) is 27.9 Å². The minimum atomic E-state index is -4.94. The van der Waals surface area contributed by atoms with Crippen molar-refractivity contribution in [2.24, 2.45) is 0 Å². The summed E-state index contributed by atoms with van der Waals surface area (Å²) in [6.45, 7) is 0.802. The van der Waals surface area contributed by atoms with E-state index in [2.05, 4.69) is 83.6 Å². The van der Waals surface area contributed by atoms with Crippen LogP contribution in [0.2, 0.25) is 5.02 Å². The maximum Gasteiger partial charge on any atom is 0.213 e. The molecular formula is C24H19Cl2NO4. The first kappa shape index (κ1) is 22.9. The van der Waals surface area contributed by atoms with E-state index in [0.29, 0.717) is 0 Å². The van der Waals surface area contributed by atoms with Gasteiger partial charge in [-0.15, -0.1) is 10.2 Å². The Bertz CT molecular complexity index is 1090. The number of nitrogens with zero attached hydrogens (tertiary/aromatic N) is 1. The highest BCUT2D eigenvalue weighted by molar-refractivity contribution is 6.30. The van der Waals surface area contributed by atoms with Crippen molar-refractivity contribution in [3.63, 3.8) is 0 Å². The van der Waals surface area contributed by atoms with Gasteiger partial charge < -0.3 is 0 Å². The number of rotatable bonds is 4. The summed E-state index contributed by atoms with van der Waals surface area (Å²) in [6, 6.07) is 33.5. The minimum absolute atomic E-state index is 0.765. The van der Waals surface area contributed by atoms with Gasteiger partial charge in [0.05, 0.1) is 0 Å². The first-order chi connectivity index (χ1) is 14.8. The normalized spacial score (nSPS) is 10.9. The van der Waals surface area contributed by atoms with Crippen molar-refractivity contribution in [1.82, 2.24) is 0 Å². The number of hydrogen-bond acceptors (Lipinski definition) is 4. The lowest BCUT2D eigenvalue weighted by atomic mass is 10.0. The van der Waals surface area contributed by atoms with E-state index in [9.17, 15) is 0 Å². The largest absolute Gasteiger partial charge is 0.222 e. The molecule has 5 nitrogen and oxygen atoms in total. The van der Waals surface area contributed by atoms with Gasteiger partial charge in [0.15, 0.2) is 12.7 Å². The van der Waals surface area contributed by atoms with E-state index in [1.807, 2.05) is 24.3 Å². The smallest absolute Gasteiger partial charge is 0.213 e. The van der Waals surface area contributed by atoms with Gasteiger partial charge in [0, 0.05) is 28.3 Å². The number of benzene rings is 3. The molecule has 0 saturated carbocycles. The van der Waals surface area contributed by atoms with Crippen molar-refractivity contribution in [1.29, 1.82) is 0 Å². The summed E-state index contributed by atoms with van der Waals surface area (Å²) in [5, 5.41) is 0.765. The molecule has 0 saturated heterocycles. The second-order valence-corrected chi connectivity index (χ2v) is 7.86. The van der Waals surface area contributed by atoms with Crippen LogP contribution in [0.3, 0.4) is 0 Å². The predicted molar refractivity (Wildman–Crippen MR) is 108 cm³/mol. The number of halogens is 2. The Kier molecular flexibility index (Phi) is 7.76. The number of pyridine rings is 1. The van der Waals surface area contributed by atoms with Crippen molar-refractivity contribution in [2.75, 3.05) is 0 Å². The van der Waals surface area contributed by atoms with Crippen LogP contribution in [0.5, 0.6) is 0 Å². The molecule has 0 aliphatic rings. The van der Waals surface area contributed by atoms with Gasteiger partial charge in [0.2, 0.25) is 5.69 Å². The van der Waals surface area contributed by atoms with Gasteiger partial charge in [-0.25, -0.2) is 18.6 Å². The van der Waals surface area contributed by atoms with Gasteiger partial charge >= 0.3 is 0 Å². The van der Waals surface area contributed by atoms with Crippen LogP contribution < -0.4 is 23.2 Å². The third-order valence-electron chi connectivity index (χ3n) is 4.48. The summed E-state index contributed by atoms with van der Waals surface area (Å²) in [5.74, 6) is 0. The maximum atomic E-state index is 8.49. The summed E-state index contributed by atoms with van der Waals surface area (Å²) in [5.41, 5.74) is 6.07. The molecule has 0 N–H and O–H groups in total. The van der Waals surface area contributed by atoms with Gasteiger partial charge in [-0.3, -0.25) is 0 Å². The lowest BCUT2D eigenvalue weighted by molar-refractivity contribution is -2.00. The molecule has 0 atom stereocenters. The Morgan fingerprint density at radius 1 is 0.645 bits per heavy atom. The van der Waals surface area contributed by atoms with Gasteiger partial charge in [0.1, 0.15) is 0 Å². The third kappa shape index (κ3) is 7.45. The average Bonchev–Trinajstić information content (AvgIpc) is 2.76. The Morgan fingerprint density at radius 3 is 1.71 bits per heavy atom. The summed E-state index contributed by atoms with van der Waals surface area (Å²) >= 11 is 6.02. The topological polar surface area (TPSA) is 96.1 Å². The van der Waals surface area contributed by atoms with E-state index >= 15 is 0 Å². The van der Waals surface area contributed by atoms with Crippen molar-refractivity contribution in [3.8, 4) is 22.4 Å². The molecule has 0 aliphatic carbocycles. The van der Waals surface area contributed by atoms with Crippen LogP contribution in [0.1, 0.15) is 5.56 Å². The molecule has 1 aromatic heterocycles. The molecule has 0 unspecified atom stereocenters. The summed E-state index contributed by atoms with van der Waals surface area (Å²) in [6.07, 6.45) is 2.17. The summed E-state index contributed by atoms with van der Waals surface area (Å²) in [7, 11) is -4.94. The highest BCUT2D eigenvalue weighted by atomic mass is 35.7. The molecule has 3 aromatic carbocycles. The fourth-order valence-electron chi connectivity index (χ4n) is 3.12.